The van der Waals surface area contributed by atoms with Gasteiger partial charge in [0.25, 0.3) is 11.8 Å². The molecule has 1 unspecified atom stereocenters. The van der Waals surface area contributed by atoms with Crippen LogP contribution in [0, 0.1) is 0 Å². The largest absolute Gasteiger partial charge is 0.497 e. The summed E-state index contributed by atoms with van der Waals surface area (Å²) in [6.07, 6.45) is 5.37. The molecule has 0 bridgehead atoms. The quantitative estimate of drug-likeness (QED) is 0.692. The van der Waals surface area contributed by atoms with Gasteiger partial charge in [0.2, 0.25) is 0 Å². The Morgan fingerprint density at radius 1 is 1.23 bits per heavy atom. The zero-order valence-electron chi connectivity index (χ0n) is 18.6. The number of carbonyl (C=O) groups is 2. The van der Waals surface area contributed by atoms with Crippen molar-refractivity contribution in [3.05, 3.63) is 35.7 Å². The van der Waals surface area contributed by atoms with Gasteiger partial charge in [-0.3, -0.25) is 14.3 Å². The second kappa shape index (κ2) is 10.3. The molecule has 0 saturated carbocycles. The standard InChI is InChI=1S/C22H31N5O4/c1-15(2)23-21(28)19-14-26(25-24-19)12-10-16-7-5-6-11-27(16)22(29)18-9-8-17(30-3)13-20(18)31-4/h8-9,13-16H,5-7,10-12H2,1-4H3,(H,23,28). The minimum atomic E-state index is -0.234. The zero-order chi connectivity index (χ0) is 22.4. The predicted molar refractivity (Wildman–Crippen MR) is 115 cm³/mol. The molecule has 1 aliphatic rings. The van der Waals surface area contributed by atoms with E-state index in [4.69, 9.17) is 9.47 Å². The summed E-state index contributed by atoms with van der Waals surface area (Å²) in [5.41, 5.74) is 0.830. The summed E-state index contributed by atoms with van der Waals surface area (Å²) in [5, 5.41) is 10.8. The number of benzene rings is 1. The van der Waals surface area contributed by atoms with E-state index in [2.05, 4.69) is 15.6 Å². The molecule has 2 heterocycles. The van der Waals surface area contributed by atoms with E-state index < -0.39 is 0 Å². The number of aryl methyl sites for hydroxylation is 1. The van der Waals surface area contributed by atoms with Crippen LogP contribution in [0.1, 0.15) is 60.4 Å². The Bertz CT molecular complexity index is 911. The van der Waals surface area contributed by atoms with Crippen molar-refractivity contribution in [2.45, 2.75) is 58.2 Å². The van der Waals surface area contributed by atoms with E-state index in [1.807, 2.05) is 18.7 Å². The molecule has 0 aliphatic carbocycles. The van der Waals surface area contributed by atoms with Gasteiger partial charge in [0.1, 0.15) is 11.5 Å². The number of nitrogens with zero attached hydrogens (tertiary/aromatic N) is 4. The summed E-state index contributed by atoms with van der Waals surface area (Å²) in [6.45, 7) is 5.08. The summed E-state index contributed by atoms with van der Waals surface area (Å²) in [7, 11) is 3.13. The highest BCUT2D eigenvalue weighted by Crippen LogP contribution is 2.29. The van der Waals surface area contributed by atoms with E-state index in [1.54, 1.807) is 43.3 Å². The molecule has 2 aromatic rings. The SMILES string of the molecule is COc1ccc(C(=O)N2CCCCC2CCn2cc(C(=O)NC(C)C)nn2)c(OC)c1. The van der Waals surface area contributed by atoms with Gasteiger partial charge in [0, 0.05) is 31.2 Å². The fourth-order valence-corrected chi connectivity index (χ4v) is 3.83. The monoisotopic (exact) mass is 429 g/mol. The van der Waals surface area contributed by atoms with E-state index in [9.17, 15) is 9.59 Å². The number of hydrogen-bond acceptors (Lipinski definition) is 6. The van der Waals surface area contributed by atoms with E-state index in [1.165, 1.54) is 0 Å². The van der Waals surface area contributed by atoms with Gasteiger partial charge in [-0.25, -0.2) is 0 Å². The number of nitrogens with one attached hydrogen (secondary N) is 1. The van der Waals surface area contributed by atoms with Crippen LogP contribution in [0.3, 0.4) is 0 Å². The van der Waals surface area contributed by atoms with Crippen LogP contribution < -0.4 is 14.8 Å². The third kappa shape index (κ3) is 5.53. The molecule has 31 heavy (non-hydrogen) atoms. The summed E-state index contributed by atoms with van der Waals surface area (Å²) < 4.78 is 12.3. The Morgan fingerprint density at radius 3 is 2.74 bits per heavy atom. The van der Waals surface area contributed by atoms with Crippen LogP contribution in [0.5, 0.6) is 11.5 Å². The van der Waals surface area contributed by atoms with Crippen molar-refractivity contribution in [3.8, 4) is 11.5 Å². The zero-order valence-corrected chi connectivity index (χ0v) is 18.6. The molecule has 3 rings (SSSR count). The Kier molecular flexibility index (Phi) is 7.49. The maximum absolute atomic E-state index is 13.3. The lowest BCUT2D eigenvalue weighted by Gasteiger charge is -2.36. The van der Waals surface area contributed by atoms with E-state index in [0.29, 0.717) is 35.8 Å². The highest BCUT2D eigenvalue weighted by atomic mass is 16.5. The van der Waals surface area contributed by atoms with Gasteiger partial charge in [-0.1, -0.05) is 5.21 Å². The van der Waals surface area contributed by atoms with Crippen molar-refractivity contribution in [3.63, 3.8) is 0 Å². The van der Waals surface area contributed by atoms with Gasteiger partial charge < -0.3 is 19.7 Å². The molecule has 1 N–H and O–H groups in total. The lowest BCUT2D eigenvalue weighted by Crippen LogP contribution is -2.44. The number of rotatable bonds is 8. The average molecular weight is 430 g/mol. The summed E-state index contributed by atoms with van der Waals surface area (Å²) >= 11 is 0. The number of piperidine rings is 1. The molecular formula is C22H31N5O4. The van der Waals surface area contributed by atoms with E-state index in [0.717, 1.165) is 25.7 Å². The number of carbonyl (C=O) groups excluding carboxylic acids is 2. The van der Waals surface area contributed by atoms with Crippen LogP contribution in [0.25, 0.3) is 0 Å². The molecule has 1 aliphatic heterocycles. The normalized spacial score (nSPS) is 16.3. The summed E-state index contributed by atoms with van der Waals surface area (Å²) in [6, 6.07) is 5.38. The first kappa shape index (κ1) is 22.6. The molecule has 9 heteroatoms. The Morgan fingerprint density at radius 2 is 2.03 bits per heavy atom. The first-order valence-corrected chi connectivity index (χ1v) is 10.7. The molecule has 168 valence electrons. The molecule has 1 aromatic carbocycles. The third-order valence-corrected chi connectivity index (χ3v) is 5.41. The number of methoxy groups -OCH3 is 2. The van der Waals surface area contributed by atoms with E-state index >= 15 is 0 Å². The van der Waals surface area contributed by atoms with Crippen molar-refractivity contribution in [2.75, 3.05) is 20.8 Å². The minimum Gasteiger partial charge on any atom is -0.497 e. The molecular weight excluding hydrogens is 398 g/mol. The average Bonchev–Trinajstić information content (AvgIpc) is 3.26. The van der Waals surface area contributed by atoms with Gasteiger partial charge in [0.15, 0.2) is 5.69 Å². The molecule has 0 spiro atoms. The van der Waals surface area contributed by atoms with E-state index in [-0.39, 0.29) is 23.9 Å². The van der Waals surface area contributed by atoms with Gasteiger partial charge >= 0.3 is 0 Å². The van der Waals surface area contributed by atoms with Crippen LogP contribution in [-0.2, 0) is 6.54 Å². The van der Waals surface area contributed by atoms with Crippen LogP contribution in [0.2, 0.25) is 0 Å². The fraction of sp³-hybridized carbons (Fsp3) is 0.545. The van der Waals surface area contributed by atoms with Gasteiger partial charge in [-0.05, 0) is 51.7 Å². The highest BCUT2D eigenvalue weighted by Gasteiger charge is 2.29. The lowest BCUT2D eigenvalue weighted by molar-refractivity contribution is 0.0590. The van der Waals surface area contributed by atoms with Crippen LogP contribution in [0.4, 0.5) is 0 Å². The van der Waals surface area contributed by atoms with Crippen molar-refractivity contribution in [1.29, 1.82) is 0 Å². The number of amides is 2. The van der Waals surface area contributed by atoms with Crippen molar-refractivity contribution in [2.24, 2.45) is 0 Å². The van der Waals surface area contributed by atoms with Crippen molar-refractivity contribution >= 4 is 11.8 Å². The van der Waals surface area contributed by atoms with Crippen molar-refractivity contribution < 1.29 is 19.1 Å². The molecule has 1 saturated heterocycles. The molecule has 0 radical (unpaired) electrons. The van der Waals surface area contributed by atoms with Gasteiger partial charge in [-0.2, -0.15) is 0 Å². The highest BCUT2D eigenvalue weighted by molar-refractivity contribution is 5.97. The molecule has 2 amide bonds. The second-order valence-corrected chi connectivity index (χ2v) is 8.00. The third-order valence-electron chi connectivity index (χ3n) is 5.41. The first-order chi connectivity index (χ1) is 14.9. The Balaban J connectivity index is 1.68. The molecule has 1 atom stereocenters. The molecule has 9 nitrogen and oxygen atoms in total. The molecule has 1 fully saturated rings. The van der Waals surface area contributed by atoms with Gasteiger partial charge in [0.05, 0.1) is 26.0 Å². The maximum atomic E-state index is 13.3. The smallest absolute Gasteiger partial charge is 0.273 e. The predicted octanol–water partition coefficient (Wildman–Crippen LogP) is 2.52. The Hall–Kier alpha value is -3.10. The first-order valence-electron chi connectivity index (χ1n) is 10.7. The van der Waals surface area contributed by atoms with Crippen LogP contribution in [0.15, 0.2) is 24.4 Å². The minimum absolute atomic E-state index is 0.0365. The number of likely N-dealkylation sites (tertiary alicyclic amines) is 1. The number of ether oxygens (including phenoxy) is 2. The summed E-state index contributed by atoms with van der Waals surface area (Å²) in [4.78, 5) is 27.3. The Labute approximate surface area is 182 Å². The maximum Gasteiger partial charge on any atom is 0.273 e. The van der Waals surface area contributed by atoms with Crippen LogP contribution in [-0.4, -0.2) is 64.6 Å². The summed E-state index contributed by atoms with van der Waals surface area (Å²) in [5.74, 6) is 0.875. The van der Waals surface area contributed by atoms with Crippen molar-refractivity contribution in [1.82, 2.24) is 25.2 Å². The van der Waals surface area contributed by atoms with Gasteiger partial charge in [-0.15, -0.1) is 5.10 Å². The number of hydrogen-bond donors (Lipinski definition) is 1. The number of aromatic nitrogens is 3. The lowest BCUT2D eigenvalue weighted by atomic mass is 9.98. The molecule has 1 aromatic heterocycles. The topological polar surface area (TPSA) is 98.6 Å². The fourth-order valence-electron chi connectivity index (χ4n) is 3.83. The van der Waals surface area contributed by atoms with Crippen LogP contribution >= 0.6 is 0 Å². The second-order valence-electron chi connectivity index (χ2n) is 8.00.